The molecule has 2 aromatic carbocycles. The lowest BCUT2D eigenvalue weighted by atomic mass is 10.3. The normalized spacial score (nSPS) is 10.6. The van der Waals surface area contributed by atoms with Crippen molar-refractivity contribution in [2.24, 2.45) is 0 Å². The number of hydrogen-bond acceptors (Lipinski definition) is 5. The number of fused-ring (bicyclic) bond motifs is 1. The minimum absolute atomic E-state index is 0.754. The van der Waals surface area contributed by atoms with Crippen molar-refractivity contribution in [3.05, 3.63) is 42.5 Å². The smallest absolute Gasteiger partial charge is 0.188 e. The highest BCUT2D eigenvalue weighted by molar-refractivity contribution is 7.22. The van der Waals surface area contributed by atoms with Crippen LogP contribution in [0.1, 0.15) is 0 Å². The first-order chi connectivity index (χ1) is 9.24. The fourth-order valence-electron chi connectivity index (χ4n) is 1.82. The number of nitrogen functional groups attached to an aromatic ring is 1. The Labute approximate surface area is 114 Å². The van der Waals surface area contributed by atoms with Crippen molar-refractivity contribution >= 4 is 38.1 Å². The van der Waals surface area contributed by atoms with E-state index in [0.717, 1.165) is 32.5 Å². The van der Waals surface area contributed by atoms with Crippen LogP contribution in [0.25, 0.3) is 10.2 Å². The van der Waals surface area contributed by atoms with E-state index in [1.807, 2.05) is 42.5 Å². The van der Waals surface area contributed by atoms with Crippen LogP contribution in [-0.4, -0.2) is 12.1 Å². The molecule has 0 aliphatic heterocycles. The van der Waals surface area contributed by atoms with E-state index in [9.17, 15) is 0 Å². The van der Waals surface area contributed by atoms with Gasteiger partial charge in [0.25, 0.3) is 0 Å². The second kappa shape index (κ2) is 4.78. The van der Waals surface area contributed by atoms with E-state index >= 15 is 0 Å². The van der Waals surface area contributed by atoms with E-state index in [-0.39, 0.29) is 0 Å². The molecule has 4 nitrogen and oxygen atoms in total. The third kappa shape index (κ3) is 2.46. The van der Waals surface area contributed by atoms with Crippen molar-refractivity contribution < 1.29 is 4.74 Å². The Morgan fingerprint density at radius 3 is 2.95 bits per heavy atom. The molecule has 96 valence electrons. The largest absolute Gasteiger partial charge is 0.497 e. The summed E-state index contributed by atoms with van der Waals surface area (Å²) in [6.07, 6.45) is 0. The van der Waals surface area contributed by atoms with Crippen molar-refractivity contribution in [1.29, 1.82) is 0 Å². The Kier molecular flexibility index (Phi) is 2.97. The number of aromatic nitrogens is 1. The summed E-state index contributed by atoms with van der Waals surface area (Å²) < 4.78 is 6.27. The molecule has 0 fully saturated rings. The van der Waals surface area contributed by atoms with Crippen LogP contribution in [0.2, 0.25) is 0 Å². The van der Waals surface area contributed by atoms with E-state index in [4.69, 9.17) is 10.5 Å². The van der Waals surface area contributed by atoms with Gasteiger partial charge in [-0.2, -0.15) is 0 Å². The van der Waals surface area contributed by atoms with Crippen LogP contribution < -0.4 is 15.8 Å². The Hall–Kier alpha value is -2.27. The molecular weight excluding hydrogens is 258 g/mol. The molecule has 0 unspecified atom stereocenters. The molecule has 5 heteroatoms. The highest BCUT2D eigenvalue weighted by atomic mass is 32.1. The van der Waals surface area contributed by atoms with E-state index in [1.54, 1.807) is 18.4 Å². The summed E-state index contributed by atoms with van der Waals surface area (Å²) in [5.74, 6) is 0.815. The third-order valence-electron chi connectivity index (χ3n) is 2.73. The van der Waals surface area contributed by atoms with Crippen molar-refractivity contribution in [3.8, 4) is 5.75 Å². The number of ether oxygens (including phenoxy) is 1. The van der Waals surface area contributed by atoms with Gasteiger partial charge in [-0.05, 0) is 30.3 Å². The lowest BCUT2D eigenvalue weighted by Crippen LogP contribution is -1.90. The van der Waals surface area contributed by atoms with E-state index in [1.165, 1.54) is 0 Å². The SMILES string of the molecule is COc1cccc(Nc2nc3ccc(N)cc3s2)c1. The Balaban J connectivity index is 1.92. The first-order valence-electron chi connectivity index (χ1n) is 5.82. The van der Waals surface area contributed by atoms with Gasteiger partial charge >= 0.3 is 0 Å². The summed E-state index contributed by atoms with van der Waals surface area (Å²) in [7, 11) is 1.65. The van der Waals surface area contributed by atoms with Gasteiger partial charge in [0.05, 0.1) is 17.3 Å². The molecule has 0 saturated heterocycles. The number of anilines is 3. The average Bonchev–Trinajstić information content (AvgIpc) is 2.80. The van der Waals surface area contributed by atoms with Crippen LogP contribution >= 0.6 is 11.3 Å². The van der Waals surface area contributed by atoms with Gasteiger partial charge in [-0.25, -0.2) is 4.98 Å². The molecule has 0 amide bonds. The van der Waals surface area contributed by atoms with Gasteiger partial charge in [-0.15, -0.1) is 0 Å². The molecule has 0 radical (unpaired) electrons. The van der Waals surface area contributed by atoms with Gasteiger partial charge in [0.1, 0.15) is 5.75 Å². The number of nitrogens with one attached hydrogen (secondary N) is 1. The maximum absolute atomic E-state index is 5.77. The van der Waals surface area contributed by atoms with Gasteiger partial charge in [-0.3, -0.25) is 0 Å². The van der Waals surface area contributed by atoms with Crippen molar-refractivity contribution in [1.82, 2.24) is 4.98 Å². The van der Waals surface area contributed by atoms with Crippen molar-refractivity contribution in [3.63, 3.8) is 0 Å². The number of nitrogens with two attached hydrogens (primary N) is 1. The fourth-order valence-corrected chi connectivity index (χ4v) is 2.75. The number of benzene rings is 2. The molecule has 0 aliphatic carbocycles. The highest BCUT2D eigenvalue weighted by Crippen LogP contribution is 2.30. The summed E-state index contributed by atoms with van der Waals surface area (Å²) in [6.45, 7) is 0. The average molecular weight is 271 g/mol. The summed E-state index contributed by atoms with van der Waals surface area (Å²) in [4.78, 5) is 4.52. The Bertz CT molecular complexity index is 724. The van der Waals surface area contributed by atoms with Crippen molar-refractivity contribution in [2.45, 2.75) is 0 Å². The van der Waals surface area contributed by atoms with Crippen LogP contribution in [0, 0.1) is 0 Å². The third-order valence-corrected chi connectivity index (χ3v) is 3.67. The maximum Gasteiger partial charge on any atom is 0.188 e. The van der Waals surface area contributed by atoms with Gasteiger partial charge in [0, 0.05) is 17.4 Å². The molecule has 0 aliphatic rings. The van der Waals surface area contributed by atoms with Crippen LogP contribution in [0.4, 0.5) is 16.5 Å². The lowest BCUT2D eigenvalue weighted by molar-refractivity contribution is 0.415. The highest BCUT2D eigenvalue weighted by Gasteiger charge is 2.04. The van der Waals surface area contributed by atoms with Gasteiger partial charge in [-0.1, -0.05) is 17.4 Å². The predicted molar refractivity (Wildman–Crippen MR) is 80.3 cm³/mol. The molecule has 1 aromatic heterocycles. The second-order valence-corrected chi connectivity index (χ2v) is 5.13. The molecule has 0 saturated carbocycles. The van der Waals surface area contributed by atoms with Gasteiger partial charge < -0.3 is 15.8 Å². The Morgan fingerprint density at radius 2 is 2.11 bits per heavy atom. The van der Waals surface area contributed by atoms with Crippen LogP contribution in [0.15, 0.2) is 42.5 Å². The number of methoxy groups -OCH3 is 1. The minimum atomic E-state index is 0.754. The molecular formula is C14H13N3OS. The van der Waals surface area contributed by atoms with Crippen LogP contribution in [-0.2, 0) is 0 Å². The monoisotopic (exact) mass is 271 g/mol. The van der Waals surface area contributed by atoms with Gasteiger partial charge in [0.15, 0.2) is 5.13 Å². The molecule has 0 spiro atoms. The first-order valence-corrected chi connectivity index (χ1v) is 6.63. The summed E-state index contributed by atoms with van der Waals surface area (Å²) in [6, 6.07) is 13.5. The zero-order valence-corrected chi connectivity index (χ0v) is 11.2. The van der Waals surface area contributed by atoms with Gasteiger partial charge in [0.2, 0.25) is 0 Å². The Morgan fingerprint density at radius 1 is 1.21 bits per heavy atom. The van der Waals surface area contributed by atoms with E-state index in [2.05, 4.69) is 10.3 Å². The zero-order valence-electron chi connectivity index (χ0n) is 10.4. The maximum atomic E-state index is 5.77. The summed E-state index contributed by atoms with van der Waals surface area (Å²) in [5, 5.41) is 4.12. The molecule has 1 heterocycles. The van der Waals surface area contributed by atoms with E-state index < -0.39 is 0 Å². The topological polar surface area (TPSA) is 60.2 Å². The number of thiazole rings is 1. The zero-order chi connectivity index (χ0) is 13.2. The minimum Gasteiger partial charge on any atom is -0.497 e. The lowest BCUT2D eigenvalue weighted by Gasteiger charge is -2.04. The van der Waals surface area contributed by atoms with Crippen molar-refractivity contribution in [2.75, 3.05) is 18.2 Å². The number of hydrogen-bond donors (Lipinski definition) is 2. The molecule has 0 bridgehead atoms. The summed E-state index contributed by atoms with van der Waals surface area (Å²) >= 11 is 1.58. The molecule has 19 heavy (non-hydrogen) atoms. The molecule has 3 aromatic rings. The number of nitrogens with zero attached hydrogens (tertiary/aromatic N) is 1. The summed E-state index contributed by atoms with van der Waals surface area (Å²) in [5.41, 5.74) is 8.42. The van der Waals surface area contributed by atoms with Crippen LogP contribution in [0.3, 0.4) is 0 Å². The molecule has 0 atom stereocenters. The standard InChI is InChI=1S/C14H13N3OS/c1-18-11-4-2-3-10(8-11)16-14-17-12-6-5-9(15)7-13(12)19-14/h2-8H,15H2,1H3,(H,16,17). The molecule has 3 rings (SSSR count). The van der Waals surface area contributed by atoms with E-state index in [0.29, 0.717) is 0 Å². The molecule has 3 N–H and O–H groups in total. The fraction of sp³-hybridized carbons (Fsp3) is 0.0714. The van der Waals surface area contributed by atoms with Crippen LogP contribution in [0.5, 0.6) is 5.75 Å². The number of rotatable bonds is 3. The predicted octanol–water partition coefficient (Wildman–Crippen LogP) is 3.63. The first kappa shape index (κ1) is 11.8. The quantitative estimate of drug-likeness (QED) is 0.714. The second-order valence-electron chi connectivity index (χ2n) is 4.10.